The number of methoxy groups -OCH3 is 2. The molecule has 0 aliphatic rings. The van der Waals surface area contributed by atoms with Gasteiger partial charge in [-0.3, -0.25) is 20.0 Å². The van der Waals surface area contributed by atoms with E-state index in [4.69, 9.17) is 9.47 Å². The van der Waals surface area contributed by atoms with Crippen LogP contribution in [0.1, 0.15) is 11.1 Å². The monoisotopic (exact) mass is 443 g/mol. The first-order valence-corrected chi connectivity index (χ1v) is 10.1. The van der Waals surface area contributed by atoms with Crippen molar-refractivity contribution in [3.8, 4) is 22.9 Å². The second kappa shape index (κ2) is 9.47. The van der Waals surface area contributed by atoms with Gasteiger partial charge in [-0.1, -0.05) is 17.8 Å². The van der Waals surface area contributed by atoms with Crippen LogP contribution in [-0.2, 0) is 4.79 Å². The van der Waals surface area contributed by atoms with E-state index in [9.17, 15) is 14.9 Å². The van der Waals surface area contributed by atoms with E-state index in [1.807, 2.05) is 0 Å². The first kappa shape index (κ1) is 22.1. The zero-order valence-corrected chi connectivity index (χ0v) is 18.2. The molecular formula is C20H21N5O5S. The molecule has 1 heterocycles. The number of hydrogen-bond acceptors (Lipinski definition) is 8. The highest BCUT2D eigenvalue weighted by molar-refractivity contribution is 7.99. The molecule has 31 heavy (non-hydrogen) atoms. The number of anilines is 1. The Hall–Kier alpha value is -3.60. The highest BCUT2D eigenvalue weighted by Gasteiger charge is 2.19. The second-order valence-corrected chi connectivity index (χ2v) is 7.58. The fraction of sp³-hybridized carbons (Fsp3) is 0.250. The third-order valence-corrected chi connectivity index (χ3v) is 5.19. The number of nitrogens with one attached hydrogen (secondary N) is 2. The van der Waals surface area contributed by atoms with Crippen LogP contribution >= 0.6 is 11.8 Å². The summed E-state index contributed by atoms with van der Waals surface area (Å²) in [6.07, 6.45) is 0. The molecule has 0 saturated carbocycles. The number of hydrogen-bond donors (Lipinski definition) is 2. The fourth-order valence-corrected chi connectivity index (χ4v) is 3.54. The van der Waals surface area contributed by atoms with Crippen LogP contribution < -0.4 is 14.8 Å². The van der Waals surface area contributed by atoms with E-state index in [1.54, 1.807) is 52.3 Å². The average Bonchev–Trinajstić information content (AvgIpc) is 3.22. The molecule has 162 valence electrons. The number of carbonyl (C=O) groups is 1. The summed E-state index contributed by atoms with van der Waals surface area (Å²) in [5, 5.41) is 21.2. The van der Waals surface area contributed by atoms with Crippen LogP contribution in [0.15, 0.2) is 35.5 Å². The Morgan fingerprint density at radius 1 is 1.16 bits per heavy atom. The van der Waals surface area contributed by atoms with Crippen LogP contribution in [0.4, 0.5) is 11.4 Å². The standard InChI is InChI=1S/C20H21N5O5S/c1-11-5-12(2)18(16(6-11)25(27)28)21-17(26)10-31-20-22-19(23-24-20)13-7-14(29-3)9-15(8-13)30-4/h5-9H,10H2,1-4H3,(H,21,26)(H,22,23,24). The SMILES string of the molecule is COc1cc(OC)cc(-c2nc(SCC(=O)Nc3c(C)cc(C)cc3[N+](=O)[O-])n[nH]2)c1. The Balaban J connectivity index is 1.69. The number of benzene rings is 2. The minimum atomic E-state index is -0.507. The van der Waals surface area contributed by atoms with Gasteiger partial charge in [0.05, 0.1) is 24.9 Å². The summed E-state index contributed by atoms with van der Waals surface area (Å²) in [5.74, 6) is 1.30. The Bertz CT molecular complexity index is 1110. The van der Waals surface area contributed by atoms with E-state index < -0.39 is 10.8 Å². The van der Waals surface area contributed by atoms with Crippen molar-refractivity contribution in [3.63, 3.8) is 0 Å². The lowest BCUT2D eigenvalue weighted by Gasteiger charge is -2.09. The lowest BCUT2D eigenvalue weighted by atomic mass is 10.1. The summed E-state index contributed by atoms with van der Waals surface area (Å²) >= 11 is 1.11. The minimum absolute atomic E-state index is 0.0107. The number of nitro groups is 1. The quantitative estimate of drug-likeness (QED) is 0.306. The van der Waals surface area contributed by atoms with Crippen LogP contribution in [0.3, 0.4) is 0 Å². The summed E-state index contributed by atoms with van der Waals surface area (Å²) < 4.78 is 10.5. The fourth-order valence-electron chi connectivity index (χ4n) is 2.94. The van der Waals surface area contributed by atoms with Crippen LogP contribution in [-0.4, -0.2) is 46.0 Å². The van der Waals surface area contributed by atoms with Crippen molar-refractivity contribution in [1.29, 1.82) is 0 Å². The van der Waals surface area contributed by atoms with Crippen molar-refractivity contribution >= 4 is 29.0 Å². The first-order valence-electron chi connectivity index (χ1n) is 9.15. The van der Waals surface area contributed by atoms with Gasteiger partial charge in [0.15, 0.2) is 5.82 Å². The Morgan fingerprint density at radius 3 is 2.45 bits per heavy atom. The third kappa shape index (κ3) is 5.31. The number of ether oxygens (including phenoxy) is 2. The van der Waals surface area contributed by atoms with E-state index in [2.05, 4.69) is 20.5 Å². The molecule has 1 aromatic heterocycles. The Labute approximate surface area is 182 Å². The average molecular weight is 443 g/mol. The van der Waals surface area contributed by atoms with E-state index in [0.717, 1.165) is 17.3 Å². The van der Waals surface area contributed by atoms with Gasteiger partial charge in [0.1, 0.15) is 17.2 Å². The maximum absolute atomic E-state index is 12.4. The van der Waals surface area contributed by atoms with Gasteiger partial charge in [-0.2, -0.15) is 0 Å². The van der Waals surface area contributed by atoms with E-state index in [-0.39, 0.29) is 17.1 Å². The number of amides is 1. The molecular weight excluding hydrogens is 422 g/mol. The molecule has 0 aliphatic carbocycles. The lowest BCUT2D eigenvalue weighted by molar-refractivity contribution is -0.384. The third-order valence-electron chi connectivity index (χ3n) is 4.34. The molecule has 1 amide bonds. The van der Waals surface area contributed by atoms with E-state index in [1.165, 1.54) is 6.07 Å². The van der Waals surface area contributed by atoms with Gasteiger partial charge in [0, 0.05) is 17.7 Å². The number of aromatic nitrogens is 3. The summed E-state index contributed by atoms with van der Waals surface area (Å²) in [4.78, 5) is 27.6. The lowest BCUT2D eigenvalue weighted by Crippen LogP contribution is -2.16. The topological polar surface area (TPSA) is 132 Å². The number of nitro benzene ring substituents is 1. The highest BCUT2D eigenvalue weighted by atomic mass is 32.2. The van der Waals surface area contributed by atoms with Crippen molar-refractivity contribution in [2.45, 2.75) is 19.0 Å². The smallest absolute Gasteiger partial charge is 0.293 e. The van der Waals surface area contributed by atoms with E-state index >= 15 is 0 Å². The first-order chi connectivity index (χ1) is 14.8. The molecule has 0 saturated heterocycles. The number of aryl methyl sites for hydroxylation is 2. The molecule has 11 heteroatoms. The van der Waals surface area contributed by atoms with Crippen molar-refractivity contribution < 1.29 is 19.2 Å². The number of H-pyrrole nitrogens is 1. The molecule has 0 atom stereocenters. The van der Waals surface area contributed by atoms with Gasteiger partial charge < -0.3 is 14.8 Å². The van der Waals surface area contributed by atoms with Crippen LogP contribution in [0.5, 0.6) is 11.5 Å². The number of thioether (sulfide) groups is 1. The Kier molecular flexibility index (Phi) is 6.75. The molecule has 0 fully saturated rings. The second-order valence-electron chi connectivity index (χ2n) is 6.64. The summed E-state index contributed by atoms with van der Waals surface area (Å²) in [5.41, 5.74) is 2.14. The van der Waals surface area contributed by atoms with Crippen molar-refractivity contribution in [2.75, 3.05) is 25.3 Å². The predicted molar refractivity (Wildman–Crippen MR) is 117 cm³/mol. The van der Waals surface area contributed by atoms with Crippen molar-refractivity contribution in [2.24, 2.45) is 0 Å². The van der Waals surface area contributed by atoms with Gasteiger partial charge in [0.25, 0.3) is 5.69 Å². The van der Waals surface area contributed by atoms with Crippen LogP contribution in [0, 0.1) is 24.0 Å². The van der Waals surface area contributed by atoms with Gasteiger partial charge in [0.2, 0.25) is 11.1 Å². The van der Waals surface area contributed by atoms with Gasteiger partial charge in [-0.25, -0.2) is 4.98 Å². The molecule has 10 nitrogen and oxygen atoms in total. The molecule has 0 spiro atoms. The number of rotatable bonds is 8. The van der Waals surface area contributed by atoms with Crippen molar-refractivity contribution in [1.82, 2.24) is 15.2 Å². The molecule has 3 aromatic rings. The number of carbonyl (C=O) groups excluding carboxylic acids is 1. The Morgan fingerprint density at radius 2 is 1.84 bits per heavy atom. The zero-order chi connectivity index (χ0) is 22.5. The maximum atomic E-state index is 12.4. The summed E-state index contributed by atoms with van der Waals surface area (Å²) in [6.45, 7) is 3.48. The normalized spacial score (nSPS) is 10.6. The molecule has 0 aliphatic heterocycles. The molecule has 0 bridgehead atoms. The number of aromatic amines is 1. The predicted octanol–water partition coefficient (Wildman–Crippen LogP) is 3.74. The molecule has 2 N–H and O–H groups in total. The zero-order valence-electron chi connectivity index (χ0n) is 17.4. The summed E-state index contributed by atoms with van der Waals surface area (Å²) in [7, 11) is 3.11. The molecule has 0 radical (unpaired) electrons. The summed E-state index contributed by atoms with van der Waals surface area (Å²) in [6, 6.07) is 8.51. The molecule has 0 unspecified atom stereocenters. The molecule has 2 aromatic carbocycles. The van der Waals surface area contributed by atoms with Gasteiger partial charge in [-0.15, -0.1) is 5.10 Å². The van der Waals surface area contributed by atoms with E-state index in [0.29, 0.717) is 33.6 Å². The van der Waals surface area contributed by atoms with Crippen molar-refractivity contribution in [3.05, 3.63) is 51.6 Å². The maximum Gasteiger partial charge on any atom is 0.293 e. The minimum Gasteiger partial charge on any atom is -0.497 e. The number of nitrogens with zero attached hydrogens (tertiary/aromatic N) is 3. The largest absolute Gasteiger partial charge is 0.497 e. The van der Waals surface area contributed by atoms with Gasteiger partial charge in [-0.05, 0) is 37.1 Å². The van der Waals surface area contributed by atoms with Gasteiger partial charge >= 0.3 is 0 Å². The highest BCUT2D eigenvalue weighted by Crippen LogP contribution is 2.31. The van der Waals surface area contributed by atoms with Crippen LogP contribution in [0.2, 0.25) is 0 Å². The molecule has 3 rings (SSSR count). The van der Waals surface area contributed by atoms with Crippen LogP contribution in [0.25, 0.3) is 11.4 Å².